The lowest BCUT2D eigenvalue weighted by molar-refractivity contribution is 0.0725. The van der Waals surface area contributed by atoms with Crippen molar-refractivity contribution in [3.8, 4) is 0 Å². The van der Waals surface area contributed by atoms with Gasteiger partial charge in [0.1, 0.15) is 0 Å². The predicted octanol–water partition coefficient (Wildman–Crippen LogP) is 5.75. The molecule has 23 heavy (non-hydrogen) atoms. The molecule has 1 nitrogen and oxygen atoms in total. The van der Waals surface area contributed by atoms with E-state index in [4.69, 9.17) is 0 Å². The Balaban J connectivity index is 1.69. The van der Waals surface area contributed by atoms with Gasteiger partial charge in [-0.15, -0.1) is 0 Å². The number of rotatable bonds is 3. The summed E-state index contributed by atoms with van der Waals surface area (Å²) in [6.07, 6.45) is 15.3. The summed E-state index contributed by atoms with van der Waals surface area (Å²) in [4.78, 5) is 12.9. The average molecular weight is 306 g/mol. The molecule has 0 radical (unpaired) electrons. The molecule has 0 aromatic heterocycles. The molecule has 2 aliphatic rings. The molecule has 1 aromatic rings. The van der Waals surface area contributed by atoms with Gasteiger partial charge in [-0.2, -0.15) is 0 Å². The number of hydrogen-bond donors (Lipinski definition) is 0. The second kappa shape index (κ2) is 6.70. The van der Waals surface area contributed by atoms with Crippen molar-refractivity contribution in [3.63, 3.8) is 0 Å². The number of carbonyl (C=O) groups excluding carboxylic acids is 1. The van der Waals surface area contributed by atoms with Crippen LogP contribution in [0.5, 0.6) is 0 Å². The van der Waals surface area contributed by atoms with E-state index in [-0.39, 0.29) is 5.41 Å². The van der Waals surface area contributed by atoms with Crippen LogP contribution in [0.1, 0.15) is 49.9 Å². The van der Waals surface area contributed by atoms with Crippen molar-refractivity contribution in [3.05, 3.63) is 71.8 Å². The Kier molecular flexibility index (Phi) is 4.66. The maximum absolute atomic E-state index is 12.9. The first-order valence-electron chi connectivity index (χ1n) is 8.75. The van der Waals surface area contributed by atoms with Gasteiger partial charge in [0, 0.05) is 11.0 Å². The van der Waals surface area contributed by atoms with E-state index in [9.17, 15) is 4.79 Å². The highest BCUT2D eigenvalue weighted by atomic mass is 16.1. The summed E-state index contributed by atoms with van der Waals surface area (Å²) in [5.74, 6) is 1.42. The SMILES string of the molecule is CC1C=CC=CC(C2CCC(C)(C(=O)c3ccccc3)CC2)=C1. The van der Waals surface area contributed by atoms with E-state index in [1.807, 2.05) is 30.3 Å². The predicted molar refractivity (Wildman–Crippen MR) is 96.4 cm³/mol. The van der Waals surface area contributed by atoms with E-state index < -0.39 is 0 Å². The van der Waals surface area contributed by atoms with Gasteiger partial charge in [-0.25, -0.2) is 0 Å². The molecule has 0 aliphatic heterocycles. The highest BCUT2D eigenvalue weighted by Crippen LogP contribution is 2.43. The molecular weight excluding hydrogens is 280 g/mol. The van der Waals surface area contributed by atoms with Gasteiger partial charge < -0.3 is 0 Å². The summed E-state index contributed by atoms with van der Waals surface area (Å²) >= 11 is 0. The van der Waals surface area contributed by atoms with E-state index in [1.165, 1.54) is 5.57 Å². The Hall–Kier alpha value is -1.89. The molecule has 0 bridgehead atoms. The second-order valence-electron chi connectivity index (χ2n) is 7.30. The highest BCUT2D eigenvalue weighted by molar-refractivity contribution is 6.00. The van der Waals surface area contributed by atoms with Crippen molar-refractivity contribution in [2.24, 2.45) is 17.3 Å². The fourth-order valence-corrected chi connectivity index (χ4v) is 3.85. The molecule has 1 unspecified atom stereocenters. The summed E-state index contributed by atoms with van der Waals surface area (Å²) < 4.78 is 0. The first-order chi connectivity index (χ1) is 11.1. The van der Waals surface area contributed by atoms with Crippen molar-refractivity contribution >= 4 is 5.78 Å². The minimum Gasteiger partial charge on any atom is -0.294 e. The van der Waals surface area contributed by atoms with Crippen LogP contribution < -0.4 is 0 Å². The second-order valence-corrected chi connectivity index (χ2v) is 7.30. The molecule has 0 spiro atoms. The lowest BCUT2D eigenvalue weighted by atomic mass is 9.66. The van der Waals surface area contributed by atoms with E-state index >= 15 is 0 Å². The van der Waals surface area contributed by atoms with E-state index in [2.05, 4.69) is 44.2 Å². The fraction of sp³-hybridized carbons (Fsp3) is 0.409. The summed E-state index contributed by atoms with van der Waals surface area (Å²) in [6.45, 7) is 4.38. The van der Waals surface area contributed by atoms with E-state index in [0.717, 1.165) is 31.2 Å². The molecular formula is C22H26O. The van der Waals surface area contributed by atoms with Crippen molar-refractivity contribution in [2.75, 3.05) is 0 Å². The zero-order valence-corrected chi connectivity index (χ0v) is 14.2. The van der Waals surface area contributed by atoms with Crippen LogP contribution in [0.4, 0.5) is 0 Å². The number of benzene rings is 1. The lowest BCUT2D eigenvalue weighted by Gasteiger charge is -2.37. The van der Waals surface area contributed by atoms with Gasteiger partial charge in [0.05, 0.1) is 0 Å². The van der Waals surface area contributed by atoms with Crippen molar-refractivity contribution in [1.82, 2.24) is 0 Å². The largest absolute Gasteiger partial charge is 0.294 e. The third-order valence-corrected chi connectivity index (χ3v) is 5.41. The maximum Gasteiger partial charge on any atom is 0.168 e. The van der Waals surface area contributed by atoms with Gasteiger partial charge >= 0.3 is 0 Å². The number of carbonyl (C=O) groups is 1. The molecule has 0 N–H and O–H groups in total. The van der Waals surface area contributed by atoms with Crippen LogP contribution in [0, 0.1) is 17.3 Å². The van der Waals surface area contributed by atoms with Crippen LogP contribution >= 0.6 is 0 Å². The molecule has 0 amide bonds. The Morgan fingerprint density at radius 2 is 1.78 bits per heavy atom. The summed E-state index contributed by atoms with van der Waals surface area (Å²) in [5.41, 5.74) is 2.12. The van der Waals surface area contributed by atoms with Gasteiger partial charge in [0.25, 0.3) is 0 Å². The van der Waals surface area contributed by atoms with Crippen LogP contribution in [0.3, 0.4) is 0 Å². The van der Waals surface area contributed by atoms with Gasteiger partial charge in [0.2, 0.25) is 0 Å². The Labute approximate surface area is 139 Å². The van der Waals surface area contributed by atoms with E-state index in [1.54, 1.807) is 0 Å². The Bertz CT molecular complexity index is 640. The fourth-order valence-electron chi connectivity index (χ4n) is 3.85. The molecule has 1 fully saturated rings. The van der Waals surface area contributed by atoms with Crippen LogP contribution in [0.25, 0.3) is 0 Å². The van der Waals surface area contributed by atoms with Crippen molar-refractivity contribution < 1.29 is 4.79 Å². The van der Waals surface area contributed by atoms with Gasteiger partial charge in [0.15, 0.2) is 5.78 Å². The summed E-state index contributed by atoms with van der Waals surface area (Å²) in [7, 11) is 0. The molecule has 0 heterocycles. The van der Waals surface area contributed by atoms with Crippen LogP contribution in [-0.4, -0.2) is 5.78 Å². The zero-order valence-electron chi connectivity index (χ0n) is 14.2. The summed E-state index contributed by atoms with van der Waals surface area (Å²) in [6, 6.07) is 9.78. The number of hydrogen-bond acceptors (Lipinski definition) is 1. The standard InChI is InChI=1S/C22H26O/c1-17-8-6-7-11-20(16-17)18-12-14-22(2,15-13-18)21(23)19-9-4-3-5-10-19/h3-11,16-18H,12-15H2,1-2H3. The van der Waals surface area contributed by atoms with Gasteiger partial charge in [-0.05, 0) is 43.1 Å². The molecule has 1 atom stereocenters. The van der Waals surface area contributed by atoms with E-state index in [0.29, 0.717) is 17.6 Å². The van der Waals surface area contributed by atoms with Crippen LogP contribution in [0.15, 0.2) is 66.3 Å². The van der Waals surface area contributed by atoms with Crippen LogP contribution in [-0.2, 0) is 0 Å². The Morgan fingerprint density at radius 3 is 2.48 bits per heavy atom. The molecule has 120 valence electrons. The quantitative estimate of drug-likeness (QED) is 0.649. The Morgan fingerprint density at radius 1 is 1.09 bits per heavy atom. The first kappa shape index (κ1) is 16.0. The molecule has 0 saturated heterocycles. The number of Topliss-reactive ketones (excluding diaryl/α,β-unsaturated/α-hetero) is 1. The molecule has 1 aromatic carbocycles. The molecule has 3 rings (SSSR count). The topological polar surface area (TPSA) is 17.1 Å². The zero-order chi connectivity index (χ0) is 16.3. The molecule has 2 aliphatic carbocycles. The van der Waals surface area contributed by atoms with Crippen molar-refractivity contribution in [2.45, 2.75) is 39.5 Å². The van der Waals surface area contributed by atoms with Crippen LogP contribution in [0.2, 0.25) is 0 Å². The lowest BCUT2D eigenvalue weighted by Crippen LogP contribution is -2.33. The molecule has 1 saturated carbocycles. The molecule has 1 heteroatoms. The van der Waals surface area contributed by atoms with Gasteiger partial charge in [-0.3, -0.25) is 4.79 Å². The first-order valence-corrected chi connectivity index (χ1v) is 8.75. The monoisotopic (exact) mass is 306 g/mol. The van der Waals surface area contributed by atoms with Crippen molar-refractivity contribution in [1.29, 1.82) is 0 Å². The number of allylic oxidation sites excluding steroid dienone is 6. The number of ketones is 1. The maximum atomic E-state index is 12.9. The average Bonchev–Trinajstić information content (AvgIpc) is 2.80. The highest BCUT2D eigenvalue weighted by Gasteiger charge is 2.38. The third kappa shape index (κ3) is 3.55. The minimum atomic E-state index is -0.198. The van der Waals surface area contributed by atoms with Gasteiger partial charge in [-0.1, -0.05) is 74.6 Å². The normalized spacial score (nSPS) is 30.6. The minimum absolute atomic E-state index is 0.198. The summed E-state index contributed by atoms with van der Waals surface area (Å²) in [5, 5.41) is 0. The smallest absolute Gasteiger partial charge is 0.168 e. The third-order valence-electron chi connectivity index (χ3n) is 5.41.